The number of benzene rings is 3. The quantitative estimate of drug-likeness (QED) is 0.312. The Bertz CT molecular complexity index is 1070. The van der Waals surface area contributed by atoms with Crippen LogP contribution in [0.5, 0.6) is 0 Å². The number of rotatable bonds is 7. The third-order valence-corrected chi connectivity index (χ3v) is 4.49. The number of nitrogens with two attached hydrogens (primary N) is 1. The Morgan fingerprint density at radius 2 is 1.48 bits per heavy atom. The van der Waals surface area contributed by atoms with Crippen molar-refractivity contribution in [2.45, 2.75) is 6.42 Å². The van der Waals surface area contributed by atoms with Gasteiger partial charge in [-0.15, -0.1) is 0 Å². The van der Waals surface area contributed by atoms with E-state index in [-0.39, 0.29) is 12.3 Å². The van der Waals surface area contributed by atoms with Crippen LogP contribution >= 0.6 is 0 Å². The number of anilines is 2. The first-order chi connectivity index (χ1) is 15.0. The Morgan fingerprint density at radius 3 is 2.00 bits per heavy atom. The molecule has 3 rings (SSSR count). The molecule has 7 nitrogen and oxygen atoms in total. The fraction of sp³-hybridized carbons (Fsp3) is 0.0417. The van der Waals surface area contributed by atoms with Gasteiger partial charge < -0.3 is 5.73 Å². The summed E-state index contributed by atoms with van der Waals surface area (Å²) >= 11 is 0. The van der Waals surface area contributed by atoms with E-state index in [2.05, 4.69) is 0 Å². The van der Waals surface area contributed by atoms with Crippen LogP contribution in [0.15, 0.2) is 84.9 Å². The first-order valence-electron chi connectivity index (χ1n) is 9.47. The van der Waals surface area contributed by atoms with E-state index in [4.69, 9.17) is 10.9 Å². The summed E-state index contributed by atoms with van der Waals surface area (Å²) in [6.45, 7) is 0. The molecule has 0 aliphatic heterocycles. The van der Waals surface area contributed by atoms with E-state index >= 15 is 0 Å². The van der Waals surface area contributed by atoms with Crippen molar-refractivity contribution in [2.75, 3.05) is 4.90 Å². The zero-order chi connectivity index (χ0) is 22.2. The van der Waals surface area contributed by atoms with Gasteiger partial charge in [0.25, 0.3) is 11.8 Å². The zero-order valence-corrected chi connectivity index (χ0v) is 16.6. The number of amides is 3. The normalized spacial score (nSPS) is 10.6. The molecule has 0 aliphatic carbocycles. The second-order valence-corrected chi connectivity index (χ2v) is 6.68. The van der Waals surface area contributed by atoms with Crippen molar-refractivity contribution in [2.24, 2.45) is 5.73 Å². The molecule has 156 valence electrons. The predicted molar refractivity (Wildman–Crippen MR) is 118 cm³/mol. The van der Waals surface area contributed by atoms with Gasteiger partial charge in [0.05, 0.1) is 6.42 Å². The molecule has 0 atom stereocenters. The van der Waals surface area contributed by atoms with Gasteiger partial charge in [-0.25, -0.2) is 5.48 Å². The van der Waals surface area contributed by atoms with Gasteiger partial charge in [-0.3, -0.25) is 24.5 Å². The number of carbonyl (C=O) groups is 3. The largest absolute Gasteiger partial charge is 0.369 e. The maximum Gasteiger partial charge on any atom is 0.267 e. The second kappa shape index (κ2) is 10.00. The van der Waals surface area contributed by atoms with Crippen LogP contribution in [0.4, 0.5) is 11.4 Å². The van der Waals surface area contributed by atoms with Crippen molar-refractivity contribution in [1.29, 1.82) is 0 Å². The third-order valence-electron chi connectivity index (χ3n) is 4.49. The van der Waals surface area contributed by atoms with Crippen LogP contribution in [0.2, 0.25) is 0 Å². The van der Waals surface area contributed by atoms with Gasteiger partial charge in [-0.05, 0) is 47.5 Å². The van der Waals surface area contributed by atoms with Gasteiger partial charge in [0.15, 0.2) is 0 Å². The molecule has 3 aromatic carbocycles. The van der Waals surface area contributed by atoms with Crippen LogP contribution in [0.25, 0.3) is 6.08 Å². The van der Waals surface area contributed by atoms with E-state index in [0.717, 1.165) is 6.08 Å². The van der Waals surface area contributed by atoms with Gasteiger partial charge in [-0.2, -0.15) is 0 Å². The number of hydroxylamine groups is 1. The van der Waals surface area contributed by atoms with Crippen molar-refractivity contribution < 1.29 is 19.6 Å². The van der Waals surface area contributed by atoms with Crippen LogP contribution in [-0.2, 0) is 16.0 Å². The Morgan fingerprint density at radius 1 is 0.903 bits per heavy atom. The summed E-state index contributed by atoms with van der Waals surface area (Å²) in [6, 6.07) is 23.2. The van der Waals surface area contributed by atoms with Crippen molar-refractivity contribution in [3.8, 4) is 0 Å². The molecule has 0 heterocycles. The number of para-hydroxylation sites is 2. The molecule has 3 amide bonds. The highest BCUT2D eigenvalue weighted by Crippen LogP contribution is 2.28. The second-order valence-electron chi connectivity index (χ2n) is 6.68. The molecule has 0 unspecified atom stereocenters. The summed E-state index contributed by atoms with van der Waals surface area (Å²) in [6.07, 6.45) is 2.44. The number of hydrogen-bond acceptors (Lipinski definition) is 4. The highest BCUT2D eigenvalue weighted by atomic mass is 16.5. The van der Waals surface area contributed by atoms with Crippen LogP contribution in [-0.4, -0.2) is 22.9 Å². The molecule has 7 heteroatoms. The van der Waals surface area contributed by atoms with Crippen LogP contribution in [0.3, 0.4) is 0 Å². The molecular formula is C24H21N3O4. The molecule has 0 bridgehead atoms. The first-order valence-corrected chi connectivity index (χ1v) is 9.47. The maximum absolute atomic E-state index is 13.6. The minimum Gasteiger partial charge on any atom is -0.369 e. The molecule has 0 saturated heterocycles. The maximum atomic E-state index is 13.6. The fourth-order valence-electron chi connectivity index (χ4n) is 3.13. The summed E-state index contributed by atoms with van der Waals surface area (Å²) in [4.78, 5) is 38.1. The third kappa shape index (κ3) is 5.43. The molecule has 0 radical (unpaired) electrons. The number of nitrogens with zero attached hydrogens (tertiary/aromatic N) is 1. The monoisotopic (exact) mass is 415 g/mol. The van der Waals surface area contributed by atoms with Crippen molar-refractivity contribution >= 4 is 35.2 Å². The molecule has 3 aromatic rings. The zero-order valence-electron chi connectivity index (χ0n) is 16.6. The van der Waals surface area contributed by atoms with Crippen molar-refractivity contribution in [3.63, 3.8) is 0 Å². The molecule has 0 aliphatic rings. The minimum atomic E-state index is -0.698. The molecular weight excluding hydrogens is 394 g/mol. The molecule has 4 N–H and O–H groups in total. The van der Waals surface area contributed by atoms with Gasteiger partial charge in [0.1, 0.15) is 0 Å². The molecule has 0 saturated carbocycles. The number of nitrogens with one attached hydrogen (secondary N) is 1. The topological polar surface area (TPSA) is 113 Å². The highest BCUT2D eigenvalue weighted by molar-refractivity contribution is 6.12. The summed E-state index contributed by atoms with van der Waals surface area (Å²) in [5.74, 6) is -1.61. The Labute approximate surface area is 179 Å². The van der Waals surface area contributed by atoms with Crippen LogP contribution < -0.4 is 16.1 Å². The lowest BCUT2D eigenvalue weighted by Crippen LogP contribution is -2.28. The number of carbonyl (C=O) groups excluding carboxylic acids is 3. The van der Waals surface area contributed by atoms with Gasteiger partial charge in [-0.1, -0.05) is 48.5 Å². The van der Waals surface area contributed by atoms with E-state index in [1.807, 2.05) is 60.7 Å². The Kier molecular flexibility index (Phi) is 6.93. The minimum absolute atomic E-state index is 0.146. The van der Waals surface area contributed by atoms with Crippen molar-refractivity contribution in [1.82, 2.24) is 5.48 Å². The smallest absolute Gasteiger partial charge is 0.267 e. The highest BCUT2D eigenvalue weighted by Gasteiger charge is 2.22. The summed E-state index contributed by atoms with van der Waals surface area (Å²) < 4.78 is 0. The summed E-state index contributed by atoms with van der Waals surface area (Å²) in [7, 11) is 0. The standard InChI is InChI=1S/C24H21N3O4/c25-22(28)16-18-15-17(12-14-23(29)26-31)11-13-21(18)24(30)27(19-7-3-1-4-8-19)20-9-5-2-6-10-20/h1-15,31H,16H2,(H2,25,28)(H,26,29). The van der Waals surface area contributed by atoms with E-state index in [1.54, 1.807) is 23.1 Å². The summed E-state index contributed by atoms with van der Waals surface area (Å²) in [5, 5.41) is 8.62. The van der Waals surface area contributed by atoms with Gasteiger partial charge in [0.2, 0.25) is 5.91 Å². The van der Waals surface area contributed by atoms with Crippen LogP contribution in [0.1, 0.15) is 21.5 Å². The van der Waals surface area contributed by atoms with Crippen molar-refractivity contribution in [3.05, 3.63) is 102 Å². The number of hydrogen-bond donors (Lipinski definition) is 3. The lowest BCUT2D eigenvalue weighted by molar-refractivity contribution is -0.124. The van der Waals surface area contributed by atoms with E-state index in [1.165, 1.54) is 11.6 Å². The SMILES string of the molecule is NC(=O)Cc1cc(C=CC(=O)NO)ccc1C(=O)N(c1ccccc1)c1ccccc1. The Balaban J connectivity index is 2.07. The molecule has 0 fully saturated rings. The van der Waals surface area contributed by atoms with E-state index in [0.29, 0.717) is 28.1 Å². The Hall–Kier alpha value is -4.23. The first kappa shape index (κ1) is 21.5. The lowest BCUT2D eigenvalue weighted by Gasteiger charge is -2.24. The molecule has 31 heavy (non-hydrogen) atoms. The van der Waals surface area contributed by atoms with E-state index < -0.39 is 11.8 Å². The van der Waals surface area contributed by atoms with E-state index in [9.17, 15) is 14.4 Å². The molecule has 0 spiro atoms. The fourth-order valence-corrected chi connectivity index (χ4v) is 3.13. The molecule has 0 aromatic heterocycles. The average Bonchev–Trinajstić information content (AvgIpc) is 2.78. The average molecular weight is 415 g/mol. The summed E-state index contributed by atoms with van der Waals surface area (Å²) in [5.41, 5.74) is 9.57. The lowest BCUT2D eigenvalue weighted by atomic mass is 9.99. The van der Waals surface area contributed by atoms with Crippen LogP contribution in [0, 0.1) is 0 Å². The number of primary amides is 1. The predicted octanol–water partition coefficient (Wildman–Crippen LogP) is 3.21. The van der Waals surface area contributed by atoms with Gasteiger partial charge >= 0.3 is 0 Å². The van der Waals surface area contributed by atoms with Gasteiger partial charge in [0, 0.05) is 23.0 Å².